The van der Waals surface area contributed by atoms with Crippen LogP contribution in [0.3, 0.4) is 0 Å². The molecule has 3 rings (SSSR count). The lowest BCUT2D eigenvalue weighted by atomic mass is 10.2. The first-order valence-electron chi connectivity index (χ1n) is 7.57. The number of aryl methyl sites for hydroxylation is 1. The number of rotatable bonds is 5. The monoisotopic (exact) mass is 368 g/mol. The van der Waals surface area contributed by atoms with E-state index in [0.29, 0.717) is 19.6 Å². The molecular weight excluding hydrogens is 348 g/mol. The van der Waals surface area contributed by atoms with Gasteiger partial charge in [0.2, 0.25) is 5.91 Å². The van der Waals surface area contributed by atoms with Crippen LogP contribution in [-0.2, 0) is 16.6 Å². The number of benzene rings is 1. The zero-order chi connectivity index (χ0) is 16.1. The topological polar surface area (TPSA) is 68.2 Å². The number of hydrogen-bond donors (Lipinski definition) is 2. The fourth-order valence-corrected chi connectivity index (χ4v) is 3.15. The summed E-state index contributed by atoms with van der Waals surface area (Å²) in [5.74, 6) is -0.00231. The molecule has 0 radical (unpaired) electrons. The second-order valence-corrected chi connectivity index (χ2v) is 6.47. The van der Waals surface area contributed by atoms with Crippen molar-refractivity contribution in [2.45, 2.75) is 22.5 Å². The van der Waals surface area contributed by atoms with Gasteiger partial charge in [-0.25, -0.2) is 4.98 Å². The highest BCUT2D eigenvalue weighted by molar-refractivity contribution is 7.99. The second-order valence-electron chi connectivity index (χ2n) is 5.43. The van der Waals surface area contributed by atoms with Gasteiger partial charge < -0.3 is 19.9 Å². The van der Waals surface area contributed by atoms with Crippen LogP contribution < -0.4 is 10.6 Å². The van der Waals surface area contributed by atoms with E-state index in [9.17, 15) is 4.79 Å². The molecule has 1 aromatic carbocycles. The maximum absolute atomic E-state index is 12.0. The summed E-state index contributed by atoms with van der Waals surface area (Å²) in [4.78, 5) is 17.4. The van der Waals surface area contributed by atoms with Crippen LogP contribution in [0.2, 0.25) is 0 Å². The third-order valence-electron chi connectivity index (χ3n) is 3.55. The minimum Gasteiger partial charge on any atom is -0.378 e. The molecule has 6 nitrogen and oxygen atoms in total. The number of carbonyl (C=O) groups is 1. The number of nitrogens with zero attached hydrogens (tertiary/aromatic N) is 2. The van der Waals surface area contributed by atoms with Crippen molar-refractivity contribution in [1.29, 1.82) is 0 Å². The quantitative estimate of drug-likeness (QED) is 0.847. The lowest BCUT2D eigenvalue weighted by Gasteiger charge is -2.23. The second kappa shape index (κ2) is 9.08. The Kier molecular flexibility index (Phi) is 7.11. The fourth-order valence-electron chi connectivity index (χ4n) is 2.35. The number of ether oxygens (including phenoxy) is 1. The molecule has 0 aliphatic carbocycles. The Labute approximate surface area is 151 Å². The van der Waals surface area contributed by atoms with Crippen LogP contribution in [0.15, 0.2) is 46.7 Å². The first-order valence-corrected chi connectivity index (χ1v) is 8.38. The van der Waals surface area contributed by atoms with E-state index in [1.54, 1.807) is 18.0 Å². The Morgan fingerprint density at radius 3 is 2.88 bits per heavy atom. The standard InChI is InChI=1S/C16H20N4O2S.ClH/c1-20-8-6-18-16(20)23-14-4-2-12(3-5-14)19-15(21)10-13-11-22-9-7-17-13;/h2-6,8,13,17H,7,9-11H2,1H3,(H,19,21);1H. The zero-order valence-electron chi connectivity index (χ0n) is 13.4. The number of anilines is 1. The number of hydrogen-bond acceptors (Lipinski definition) is 5. The van der Waals surface area contributed by atoms with Crippen LogP contribution in [0.25, 0.3) is 0 Å². The van der Waals surface area contributed by atoms with Gasteiger partial charge in [-0.05, 0) is 24.3 Å². The van der Waals surface area contributed by atoms with Gasteiger partial charge in [-0.2, -0.15) is 0 Å². The molecule has 1 atom stereocenters. The number of carbonyl (C=O) groups excluding carboxylic acids is 1. The highest BCUT2D eigenvalue weighted by atomic mass is 35.5. The van der Waals surface area contributed by atoms with E-state index in [1.807, 2.05) is 42.1 Å². The highest BCUT2D eigenvalue weighted by Gasteiger charge is 2.16. The Bertz CT molecular complexity index is 656. The predicted molar refractivity (Wildman–Crippen MR) is 96.9 cm³/mol. The van der Waals surface area contributed by atoms with E-state index in [0.717, 1.165) is 22.3 Å². The molecule has 0 spiro atoms. The van der Waals surface area contributed by atoms with E-state index in [1.165, 1.54) is 0 Å². The van der Waals surface area contributed by atoms with Gasteiger partial charge in [0.15, 0.2) is 5.16 Å². The van der Waals surface area contributed by atoms with Gasteiger partial charge in [0, 0.05) is 49.0 Å². The molecule has 0 saturated carbocycles. The van der Waals surface area contributed by atoms with Gasteiger partial charge in [0.1, 0.15) is 0 Å². The van der Waals surface area contributed by atoms with Crippen molar-refractivity contribution in [3.8, 4) is 0 Å². The molecule has 1 saturated heterocycles. The predicted octanol–water partition coefficient (Wildman–Crippen LogP) is 2.31. The van der Waals surface area contributed by atoms with E-state index >= 15 is 0 Å². The minimum absolute atomic E-state index is 0. The Hall–Kier alpha value is -1.54. The Morgan fingerprint density at radius 1 is 1.46 bits per heavy atom. The number of amides is 1. The lowest BCUT2D eigenvalue weighted by molar-refractivity contribution is -0.117. The van der Waals surface area contributed by atoms with Crippen LogP contribution in [0.1, 0.15) is 6.42 Å². The molecule has 2 aromatic rings. The summed E-state index contributed by atoms with van der Waals surface area (Å²) >= 11 is 1.59. The van der Waals surface area contributed by atoms with Crippen molar-refractivity contribution in [3.63, 3.8) is 0 Å². The average molecular weight is 369 g/mol. The number of nitrogens with one attached hydrogen (secondary N) is 2. The van der Waals surface area contributed by atoms with Gasteiger partial charge in [-0.15, -0.1) is 12.4 Å². The van der Waals surface area contributed by atoms with Crippen molar-refractivity contribution >= 4 is 35.8 Å². The van der Waals surface area contributed by atoms with Crippen molar-refractivity contribution in [2.75, 3.05) is 25.1 Å². The molecule has 1 unspecified atom stereocenters. The molecule has 0 bridgehead atoms. The SMILES string of the molecule is Cl.Cn1ccnc1Sc1ccc(NC(=O)CC2COCCN2)cc1. The maximum Gasteiger partial charge on any atom is 0.226 e. The van der Waals surface area contributed by atoms with Gasteiger partial charge in [-0.1, -0.05) is 11.8 Å². The van der Waals surface area contributed by atoms with Crippen LogP contribution in [-0.4, -0.2) is 41.3 Å². The summed E-state index contributed by atoms with van der Waals surface area (Å²) in [5.41, 5.74) is 0.802. The van der Waals surface area contributed by atoms with Crippen molar-refractivity contribution < 1.29 is 9.53 Å². The van der Waals surface area contributed by atoms with Gasteiger partial charge in [0.25, 0.3) is 0 Å². The number of imidazole rings is 1. The van der Waals surface area contributed by atoms with Crippen LogP contribution in [0.4, 0.5) is 5.69 Å². The molecule has 1 aliphatic heterocycles. The smallest absolute Gasteiger partial charge is 0.226 e. The van der Waals surface area contributed by atoms with Crippen LogP contribution >= 0.6 is 24.2 Å². The fraction of sp³-hybridized carbons (Fsp3) is 0.375. The maximum atomic E-state index is 12.0. The summed E-state index contributed by atoms with van der Waals surface area (Å²) in [6.45, 7) is 2.11. The minimum atomic E-state index is -0.00231. The summed E-state index contributed by atoms with van der Waals surface area (Å²) in [7, 11) is 1.97. The van der Waals surface area contributed by atoms with E-state index in [-0.39, 0.29) is 24.4 Å². The third-order valence-corrected chi connectivity index (χ3v) is 4.64. The normalized spacial score (nSPS) is 17.1. The van der Waals surface area contributed by atoms with Crippen LogP contribution in [0.5, 0.6) is 0 Å². The molecular formula is C16H21ClN4O2S. The number of aromatic nitrogens is 2. The Balaban J connectivity index is 0.00000208. The number of halogens is 1. The molecule has 1 fully saturated rings. The highest BCUT2D eigenvalue weighted by Crippen LogP contribution is 2.26. The molecule has 1 aromatic heterocycles. The number of morpholine rings is 1. The molecule has 8 heteroatoms. The van der Waals surface area contributed by atoms with Crippen molar-refractivity contribution in [3.05, 3.63) is 36.7 Å². The van der Waals surface area contributed by atoms with E-state index in [4.69, 9.17) is 4.74 Å². The Morgan fingerprint density at radius 2 is 2.25 bits per heavy atom. The summed E-state index contributed by atoms with van der Waals surface area (Å²) in [6, 6.07) is 7.89. The van der Waals surface area contributed by atoms with E-state index < -0.39 is 0 Å². The first-order chi connectivity index (χ1) is 11.2. The van der Waals surface area contributed by atoms with Crippen molar-refractivity contribution in [1.82, 2.24) is 14.9 Å². The molecule has 1 aliphatic rings. The van der Waals surface area contributed by atoms with Gasteiger partial charge in [0.05, 0.1) is 13.2 Å². The zero-order valence-corrected chi connectivity index (χ0v) is 15.0. The summed E-state index contributed by atoms with van der Waals surface area (Å²) < 4.78 is 7.33. The summed E-state index contributed by atoms with van der Waals surface area (Å²) in [5, 5.41) is 7.13. The average Bonchev–Trinajstić information content (AvgIpc) is 2.95. The molecule has 130 valence electrons. The van der Waals surface area contributed by atoms with Crippen LogP contribution in [0, 0.1) is 0 Å². The van der Waals surface area contributed by atoms with E-state index in [2.05, 4.69) is 15.6 Å². The molecule has 2 heterocycles. The third kappa shape index (κ3) is 5.24. The lowest BCUT2D eigenvalue weighted by Crippen LogP contribution is -2.43. The molecule has 1 amide bonds. The van der Waals surface area contributed by atoms with Crippen molar-refractivity contribution in [2.24, 2.45) is 7.05 Å². The first kappa shape index (κ1) is 18.8. The largest absolute Gasteiger partial charge is 0.378 e. The summed E-state index contributed by atoms with van der Waals surface area (Å²) in [6.07, 6.45) is 4.11. The molecule has 2 N–H and O–H groups in total. The molecule has 24 heavy (non-hydrogen) atoms. The van der Waals surface area contributed by atoms with Gasteiger partial charge in [-0.3, -0.25) is 4.79 Å². The van der Waals surface area contributed by atoms with Gasteiger partial charge >= 0.3 is 0 Å².